The van der Waals surface area contributed by atoms with Gasteiger partial charge in [-0.2, -0.15) is 4.98 Å². The summed E-state index contributed by atoms with van der Waals surface area (Å²) in [4.78, 5) is 6.18. The Kier molecular flexibility index (Phi) is 6.33. The highest BCUT2D eigenvalue weighted by Crippen LogP contribution is 2.26. The zero-order valence-corrected chi connectivity index (χ0v) is 13.4. The molecule has 0 radical (unpaired) electrons. The smallest absolute Gasteiger partial charge is 0.240 e. The van der Waals surface area contributed by atoms with E-state index in [0.717, 1.165) is 17.1 Å². The van der Waals surface area contributed by atoms with E-state index in [0.29, 0.717) is 31.3 Å². The summed E-state index contributed by atoms with van der Waals surface area (Å²) in [5.41, 5.74) is 6.44. The van der Waals surface area contributed by atoms with E-state index in [-0.39, 0.29) is 13.2 Å². The number of ether oxygens (including phenoxy) is 2. The normalized spacial score (nSPS) is 11.0. The zero-order chi connectivity index (χ0) is 16.7. The predicted molar refractivity (Wildman–Crippen MR) is 82.9 cm³/mol. The second-order valence-corrected chi connectivity index (χ2v) is 4.92. The summed E-state index contributed by atoms with van der Waals surface area (Å²) in [6.45, 7) is 1.72. The van der Waals surface area contributed by atoms with Gasteiger partial charge in [0, 0.05) is 24.7 Å². The van der Waals surface area contributed by atoms with Crippen LogP contribution in [0.25, 0.3) is 0 Å². The van der Waals surface area contributed by atoms with E-state index < -0.39 is 0 Å². The van der Waals surface area contributed by atoms with Crippen molar-refractivity contribution in [1.29, 1.82) is 0 Å². The Morgan fingerprint density at radius 2 is 2.09 bits per heavy atom. The Hall–Kier alpha value is -2.16. The lowest BCUT2D eigenvalue weighted by molar-refractivity contribution is 0.178. The minimum absolute atomic E-state index is 0.0278. The summed E-state index contributed by atoms with van der Waals surface area (Å²) in [5.74, 6) is 2.38. The fourth-order valence-corrected chi connectivity index (χ4v) is 2.22. The fourth-order valence-electron chi connectivity index (χ4n) is 2.22. The number of hydrogen-bond acceptors (Lipinski definition) is 8. The van der Waals surface area contributed by atoms with Crippen molar-refractivity contribution in [3.8, 4) is 11.5 Å². The summed E-state index contributed by atoms with van der Waals surface area (Å²) in [6.07, 6.45) is 0. The molecule has 2 rings (SSSR count). The van der Waals surface area contributed by atoms with Crippen LogP contribution in [0.3, 0.4) is 0 Å². The molecule has 1 aromatic carbocycles. The number of rotatable bonds is 9. The molecule has 1 heterocycles. The third-order valence-electron chi connectivity index (χ3n) is 3.35. The first-order valence-corrected chi connectivity index (χ1v) is 7.25. The third kappa shape index (κ3) is 4.65. The highest BCUT2D eigenvalue weighted by atomic mass is 16.5. The van der Waals surface area contributed by atoms with Gasteiger partial charge in [-0.3, -0.25) is 4.90 Å². The van der Waals surface area contributed by atoms with Gasteiger partial charge in [0.2, 0.25) is 5.89 Å². The van der Waals surface area contributed by atoms with Gasteiger partial charge in [-0.15, -0.1) is 0 Å². The second kappa shape index (κ2) is 8.47. The molecule has 0 spiro atoms. The molecule has 8 heteroatoms. The Bertz CT molecular complexity index is 617. The molecule has 0 fully saturated rings. The highest BCUT2D eigenvalue weighted by molar-refractivity contribution is 5.40. The van der Waals surface area contributed by atoms with Crippen molar-refractivity contribution in [3.05, 3.63) is 35.5 Å². The first-order valence-electron chi connectivity index (χ1n) is 7.25. The van der Waals surface area contributed by atoms with Gasteiger partial charge in [0.15, 0.2) is 5.82 Å². The van der Waals surface area contributed by atoms with Gasteiger partial charge in [-0.05, 0) is 6.07 Å². The largest absolute Gasteiger partial charge is 0.497 e. The van der Waals surface area contributed by atoms with Crippen LogP contribution in [0.4, 0.5) is 0 Å². The van der Waals surface area contributed by atoms with E-state index in [1.54, 1.807) is 14.2 Å². The molecule has 0 bridgehead atoms. The molecule has 8 nitrogen and oxygen atoms in total. The van der Waals surface area contributed by atoms with Gasteiger partial charge in [0.25, 0.3) is 0 Å². The van der Waals surface area contributed by atoms with Crippen molar-refractivity contribution in [2.75, 3.05) is 27.4 Å². The second-order valence-electron chi connectivity index (χ2n) is 4.92. The minimum atomic E-state index is 0.0278. The lowest BCUT2D eigenvalue weighted by Crippen LogP contribution is -2.26. The number of nitrogens with zero attached hydrogens (tertiary/aromatic N) is 3. The molecule has 126 valence electrons. The molecule has 0 atom stereocenters. The van der Waals surface area contributed by atoms with Crippen LogP contribution in [0.15, 0.2) is 22.7 Å². The maximum Gasteiger partial charge on any atom is 0.240 e. The van der Waals surface area contributed by atoms with E-state index >= 15 is 0 Å². The molecule has 0 amide bonds. The SMILES string of the molecule is COc1ccc(CN(CCO)Cc2noc(CN)n2)c(OC)c1. The van der Waals surface area contributed by atoms with Crippen LogP contribution in [-0.2, 0) is 19.6 Å². The number of aliphatic hydroxyl groups is 1. The molecule has 0 saturated carbocycles. The first-order chi connectivity index (χ1) is 11.2. The van der Waals surface area contributed by atoms with E-state index in [4.69, 9.17) is 19.7 Å². The van der Waals surface area contributed by atoms with Crippen LogP contribution in [0.2, 0.25) is 0 Å². The molecule has 0 unspecified atom stereocenters. The van der Waals surface area contributed by atoms with Crippen molar-refractivity contribution in [3.63, 3.8) is 0 Å². The quantitative estimate of drug-likeness (QED) is 0.689. The molecule has 3 N–H and O–H groups in total. The maximum absolute atomic E-state index is 9.28. The van der Waals surface area contributed by atoms with Gasteiger partial charge in [0.05, 0.1) is 33.9 Å². The molecule has 1 aromatic heterocycles. The highest BCUT2D eigenvalue weighted by Gasteiger charge is 2.14. The molecule has 0 aliphatic rings. The zero-order valence-electron chi connectivity index (χ0n) is 13.4. The lowest BCUT2D eigenvalue weighted by Gasteiger charge is -2.21. The number of nitrogens with two attached hydrogens (primary N) is 1. The number of aromatic nitrogens is 2. The molecular weight excluding hydrogens is 300 g/mol. The van der Waals surface area contributed by atoms with Crippen LogP contribution in [0.1, 0.15) is 17.3 Å². The average Bonchev–Trinajstić information content (AvgIpc) is 3.03. The van der Waals surface area contributed by atoms with E-state index in [2.05, 4.69) is 10.1 Å². The van der Waals surface area contributed by atoms with E-state index in [1.807, 2.05) is 23.1 Å². The molecule has 0 aliphatic heterocycles. The third-order valence-corrected chi connectivity index (χ3v) is 3.35. The number of aliphatic hydroxyl groups excluding tert-OH is 1. The van der Waals surface area contributed by atoms with Crippen LogP contribution >= 0.6 is 0 Å². The predicted octanol–water partition coefficient (Wildman–Crippen LogP) is 0.540. The van der Waals surface area contributed by atoms with Crippen molar-refractivity contribution >= 4 is 0 Å². The monoisotopic (exact) mass is 322 g/mol. The summed E-state index contributed by atoms with van der Waals surface area (Å²) in [5, 5.41) is 13.2. The molecule has 23 heavy (non-hydrogen) atoms. The summed E-state index contributed by atoms with van der Waals surface area (Å²) in [6, 6.07) is 5.63. The van der Waals surface area contributed by atoms with E-state index in [9.17, 15) is 5.11 Å². The van der Waals surface area contributed by atoms with Crippen molar-refractivity contribution in [2.45, 2.75) is 19.6 Å². The molecule has 0 aliphatic carbocycles. The van der Waals surface area contributed by atoms with Gasteiger partial charge < -0.3 is 24.8 Å². The standard InChI is InChI=1S/C15H22N4O4/c1-21-12-4-3-11(13(7-12)22-2)9-19(5-6-20)10-14-17-15(8-16)23-18-14/h3-4,7,20H,5-6,8-10,16H2,1-2H3. The van der Waals surface area contributed by atoms with Gasteiger partial charge in [0.1, 0.15) is 11.5 Å². The summed E-state index contributed by atoms with van der Waals surface area (Å²) < 4.78 is 15.6. The number of benzene rings is 1. The molecule has 0 saturated heterocycles. The number of hydrogen-bond donors (Lipinski definition) is 2. The number of methoxy groups -OCH3 is 2. The van der Waals surface area contributed by atoms with Gasteiger partial charge >= 0.3 is 0 Å². The molecule has 2 aromatic rings. The fraction of sp³-hybridized carbons (Fsp3) is 0.467. The summed E-state index contributed by atoms with van der Waals surface area (Å²) in [7, 11) is 3.22. The molecular formula is C15H22N4O4. The average molecular weight is 322 g/mol. The van der Waals surface area contributed by atoms with Crippen LogP contribution in [0, 0.1) is 0 Å². The first kappa shape index (κ1) is 17.2. The Morgan fingerprint density at radius 3 is 2.70 bits per heavy atom. The Morgan fingerprint density at radius 1 is 1.26 bits per heavy atom. The topological polar surface area (TPSA) is 107 Å². The van der Waals surface area contributed by atoms with Crippen molar-refractivity contribution in [1.82, 2.24) is 15.0 Å². The minimum Gasteiger partial charge on any atom is -0.497 e. The van der Waals surface area contributed by atoms with Crippen LogP contribution < -0.4 is 15.2 Å². The Balaban J connectivity index is 2.12. The van der Waals surface area contributed by atoms with Gasteiger partial charge in [-0.1, -0.05) is 11.2 Å². The van der Waals surface area contributed by atoms with Crippen LogP contribution in [-0.4, -0.2) is 47.5 Å². The van der Waals surface area contributed by atoms with Crippen molar-refractivity contribution < 1.29 is 19.1 Å². The summed E-state index contributed by atoms with van der Waals surface area (Å²) >= 11 is 0. The maximum atomic E-state index is 9.28. The van der Waals surface area contributed by atoms with Gasteiger partial charge in [-0.25, -0.2) is 0 Å². The van der Waals surface area contributed by atoms with E-state index in [1.165, 1.54) is 0 Å². The van der Waals surface area contributed by atoms with Crippen molar-refractivity contribution in [2.24, 2.45) is 5.73 Å². The van der Waals surface area contributed by atoms with Crippen LogP contribution in [0.5, 0.6) is 11.5 Å². The Labute approximate surface area is 134 Å². The lowest BCUT2D eigenvalue weighted by atomic mass is 10.1.